The van der Waals surface area contributed by atoms with E-state index >= 15 is 0 Å². The molecule has 0 heterocycles. The minimum Gasteiger partial charge on any atom is -0.466 e. The molecular formula is C16H20O5. The first kappa shape index (κ1) is 15.5. The number of hydrogen-bond donors (Lipinski definition) is 0. The number of carbonyl (C=O) groups excluding carboxylic acids is 3. The maximum absolute atomic E-state index is 12.8. The molecule has 5 heteroatoms. The fraction of sp³-hybridized carbons (Fsp3) is 0.562. The molecule has 0 saturated heterocycles. The SMILES string of the molecule is C=C1C[C@@]2(C)C(=O)C(C)(C)[C@H]1C(C(=O)OC)=C2C(=O)OC. The van der Waals surface area contributed by atoms with Crippen molar-refractivity contribution in [3.8, 4) is 0 Å². The number of esters is 2. The first-order valence-corrected chi connectivity index (χ1v) is 6.76. The van der Waals surface area contributed by atoms with Crippen molar-refractivity contribution in [2.24, 2.45) is 16.7 Å². The molecule has 3 aliphatic carbocycles. The van der Waals surface area contributed by atoms with E-state index in [2.05, 4.69) is 6.58 Å². The highest BCUT2D eigenvalue weighted by atomic mass is 16.5. The van der Waals surface area contributed by atoms with E-state index in [1.54, 1.807) is 20.8 Å². The van der Waals surface area contributed by atoms with Crippen molar-refractivity contribution in [2.75, 3.05) is 14.2 Å². The topological polar surface area (TPSA) is 69.7 Å². The molecule has 3 aliphatic rings. The molecule has 2 atom stereocenters. The zero-order valence-electron chi connectivity index (χ0n) is 13.0. The molecule has 1 fully saturated rings. The van der Waals surface area contributed by atoms with Gasteiger partial charge >= 0.3 is 11.9 Å². The minimum atomic E-state index is -1.09. The number of ether oxygens (including phenoxy) is 2. The quantitative estimate of drug-likeness (QED) is 0.573. The molecule has 114 valence electrons. The largest absolute Gasteiger partial charge is 0.466 e. The molecule has 1 saturated carbocycles. The van der Waals surface area contributed by atoms with Crippen LogP contribution < -0.4 is 0 Å². The van der Waals surface area contributed by atoms with Crippen LogP contribution in [-0.2, 0) is 23.9 Å². The van der Waals surface area contributed by atoms with Crippen molar-refractivity contribution < 1.29 is 23.9 Å². The lowest BCUT2D eigenvalue weighted by Gasteiger charge is -2.53. The minimum absolute atomic E-state index is 0.0690. The van der Waals surface area contributed by atoms with Crippen LogP contribution in [0, 0.1) is 16.7 Å². The molecule has 0 aromatic rings. The van der Waals surface area contributed by atoms with E-state index in [-0.39, 0.29) is 16.9 Å². The van der Waals surface area contributed by atoms with E-state index in [1.165, 1.54) is 14.2 Å². The van der Waals surface area contributed by atoms with Gasteiger partial charge in [0.1, 0.15) is 5.78 Å². The molecule has 0 radical (unpaired) electrons. The van der Waals surface area contributed by atoms with Gasteiger partial charge in [0.25, 0.3) is 0 Å². The molecule has 5 nitrogen and oxygen atoms in total. The molecule has 21 heavy (non-hydrogen) atoms. The molecule has 0 aromatic heterocycles. The smallest absolute Gasteiger partial charge is 0.335 e. The Morgan fingerprint density at radius 2 is 1.67 bits per heavy atom. The van der Waals surface area contributed by atoms with Crippen molar-refractivity contribution >= 4 is 17.7 Å². The highest BCUT2D eigenvalue weighted by molar-refractivity contribution is 6.12. The number of allylic oxidation sites excluding steroid dienone is 1. The molecule has 3 rings (SSSR count). The highest BCUT2D eigenvalue weighted by Crippen LogP contribution is 2.60. The zero-order valence-corrected chi connectivity index (χ0v) is 13.0. The Balaban J connectivity index is 2.85. The third kappa shape index (κ3) is 1.79. The average Bonchev–Trinajstić information content (AvgIpc) is 2.42. The number of fused-ring (bicyclic) bond motifs is 2. The van der Waals surface area contributed by atoms with Gasteiger partial charge in [-0.3, -0.25) is 4.79 Å². The van der Waals surface area contributed by atoms with Crippen molar-refractivity contribution in [3.05, 3.63) is 23.3 Å². The summed E-state index contributed by atoms with van der Waals surface area (Å²) in [5.41, 5.74) is -0.779. The summed E-state index contributed by atoms with van der Waals surface area (Å²) in [6.07, 6.45) is 0.352. The van der Waals surface area contributed by atoms with E-state index in [9.17, 15) is 14.4 Å². The third-order valence-corrected chi connectivity index (χ3v) is 4.70. The normalized spacial score (nSPS) is 30.4. The van der Waals surface area contributed by atoms with Gasteiger partial charge in [0.15, 0.2) is 0 Å². The summed E-state index contributed by atoms with van der Waals surface area (Å²) in [6, 6.07) is 0. The summed E-state index contributed by atoms with van der Waals surface area (Å²) in [7, 11) is 2.49. The van der Waals surface area contributed by atoms with Crippen molar-refractivity contribution in [3.63, 3.8) is 0 Å². The lowest BCUT2D eigenvalue weighted by molar-refractivity contribution is -0.150. The number of Topliss-reactive ketones (excluding diaryl/α,β-unsaturated/α-hetero) is 1. The Kier molecular flexibility index (Phi) is 3.35. The van der Waals surface area contributed by atoms with Gasteiger partial charge in [0.2, 0.25) is 0 Å². The Hall–Kier alpha value is -1.91. The van der Waals surface area contributed by atoms with Crippen LogP contribution in [0.25, 0.3) is 0 Å². The maximum Gasteiger partial charge on any atom is 0.335 e. The molecule has 0 N–H and O–H groups in total. The second-order valence-corrected chi connectivity index (χ2v) is 6.42. The van der Waals surface area contributed by atoms with Gasteiger partial charge in [-0.2, -0.15) is 0 Å². The van der Waals surface area contributed by atoms with Crippen molar-refractivity contribution in [1.82, 2.24) is 0 Å². The van der Waals surface area contributed by atoms with Crippen LogP contribution in [0.4, 0.5) is 0 Å². The lowest BCUT2D eigenvalue weighted by atomic mass is 9.47. The summed E-state index contributed by atoms with van der Waals surface area (Å²) in [5, 5.41) is 0. The summed E-state index contributed by atoms with van der Waals surface area (Å²) in [5.74, 6) is -1.85. The summed E-state index contributed by atoms with van der Waals surface area (Å²) >= 11 is 0. The van der Waals surface area contributed by atoms with E-state index < -0.39 is 28.7 Å². The first-order chi connectivity index (χ1) is 9.62. The summed E-state index contributed by atoms with van der Waals surface area (Å²) in [4.78, 5) is 37.2. The molecule has 0 unspecified atom stereocenters. The van der Waals surface area contributed by atoms with Gasteiger partial charge in [0.05, 0.1) is 30.8 Å². The van der Waals surface area contributed by atoms with E-state index in [1.807, 2.05) is 0 Å². The summed E-state index contributed by atoms with van der Waals surface area (Å²) < 4.78 is 9.63. The van der Waals surface area contributed by atoms with Gasteiger partial charge < -0.3 is 9.47 Å². The van der Waals surface area contributed by atoms with E-state index in [4.69, 9.17) is 9.47 Å². The predicted molar refractivity (Wildman–Crippen MR) is 75.2 cm³/mol. The molecule has 0 aliphatic heterocycles. The monoisotopic (exact) mass is 292 g/mol. The Bertz CT molecular complexity index is 596. The van der Waals surface area contributed by atoms with E-state index in [0.29, 0.717) is 6.42 Å². The Morgan fingerprint density at radius 1 is 1.14 bits per heavy atom. The summed E-state index contributed by atoms with van der Waals surface area (Å²) in [6.45, 7) is 9.24. The number of methoxy groups -OCH3 is 2. The molecule has 0 aromatic carbocycles. The van der Waals surface area contributed by atoms with Crippen LogP contribution >= 0.6 is 0 Å². The lowest BCUT2D eigenvalue weighted by Crippen LogP contribution is -2.57. The third-order valence-electron chi connectivity index (χ3n) is 4.70. The van der Waals surface area contributed by atoms with Crippen LogP contribution in [0.2, 0.25) is 0 Å². The second kappa shape index (κ2) is 4.55. The van der Waals surface area contributed by atoms with Crippen LogP contribution in [0.15, 0.2) is 23.3 Å². The predicted octanol–water partition coefficient (Wildman–Crippen LogP) is 1.82. The first-order valence-electron chi connectivity index (χ1n) is 6.76. The molecule has 2 bridgehead atoms. The van der Waals surface area contributed by atoms with Crippen LogP contribution in [0.3, 0.4) is 0 Å². The highest BCUT2D eigenvalue weighted by Gasteiger charge is 2.63. The molecule has 0 amide bonds. The fourth-order valence-corrected chi connectivity index (χ4v) is 3.96. The Labute approximate surface area is 124 Å². The van der Waals surface area contributed by atoms with Crippen molar-refractivity contribution in [2.45, 2.75) is 27.2 Å². The van der Waals surface area contributed by atoms with Gasteiger partial charge in [-0.15, -0.1) is 0 Å². The molecule has 0 spiro atoms. The standard InChI is InChI=1S/C16H20O5/c1-8-7-16(4)11(13(18)21-6)9(12(17)20-5)10(8)15(2,3)14(16)19/h10H,1,7H2,2-6H3/t10-,16-/m1/s1. The maximum atomic E-state index is 12.8. The van der Waals surface area contributed by atoms with Gasteiger partial charge in [-0.05, 0) is 13.3 Å². The fourth-order valence-electron chi connectivity index (χ4n) is 3.96. The van der Waals surface area contributed by atoms with E-state index in [0.717, 1.165) is 5.57 Å². The van der Waals surface area contributed by atoms with Crippen LogP contribution in [0.5, 0.6) is 0 Å². The number of carbonyl (C=O) groups is 3. The zero-order chi connectivity index (χ0) is 16.2. The van der Waals surface area contributed by atoms with Crippen LogP contribution in [0.1, 0.15) is 27.2 Å². The van der Waals surface area contributed by atoms with Gasteiger partial charge in [-0.1, -0.05) is 26.0 Å². The van der Waals surface area contributed by atoms with Gasteiger partial charge in [-0.25, -0.2) is 9.59 Å². The average molecular weight is 292 g/mol. The number of hydrogen-bond acceptors (Lipinski definition) is 5. The number of ketones is 1. The second-order valence-electron chi connectivity index (χ2n) is 6.42. The van der Waals surface area contributed by atoms with Crippen molar-refractivity contribution in [1.29, 1.82) is 0 Å². The number of rotatable bonds is 2. The van der Waals surface area contributed by atoms with Gasteiger partial charge in [0, 0.05) is 11.3 Å². The Morgan fingerprint density at radius 3 is 2.14 bits per heavy atom. The van der Waals surface area contributed by atoms with Crippen LogP contribution in [-0.4, -0.2) is 31.9 Å². The molecular weight excluding hydrogens is 272 g/mol.